The van der Waals surface area contributed by atoms with Gasteiger partial charge in [-0.15, -0.1) is 11.3 Å². The van der Waals surface area contributed by atoms with Crippen molar-refractivity contribution in [3.63, 3.8) is 0 Å². The van der Waals surface area contributed by atoms with Gasteiger partial charge in [-0.05, 0) is 50.5 Å². The number of fused-ring (bicyclic) bond motifs is 1. The van der Waals surface area contributed by atoms with Crippen molar-refractivity contribution in [3.05, 3.63) is 45.7 Å². The molecule has 2 aromatic heterocycles. The second-order valence-electron chi connectivity index (χ2n) is 8.69. The number of ether oxygens (including phenoxy) is 2. The molecule has 0 atom stereocenters. The highest BCUT2D eigenvalue weighted by molar-refractivity contribution is 7.12. The van der Waals surface area contributed by atoms with Crippen molar-refractivity contribution < 1.29 is 19.1 Å². The monoisotopic (exact) mass is 559 g/mol. The van der Waals surface area contributed by atoms with Crippen LogP contribution in [-0.4, -0.2) is 74.3 Å². The van der Waals surface area contributed by atoms with Gasteiger partial charge in [0.1, 0.15) is 15.6 Å². The minimum Gasteiger partial charge on any atom is -0.491 e. The fourth-order valence-corrected chi connectivity index (χ4v) is 4.67. The molecule has 11 nitrogen and oxygen atoms in total. The first-order valence-electron chi connectivity index (χ1n) is 12.1. The zero-order valence-electron chi connectivity index (χ0n) is 21.4. The molecule has 38 heavy (non-hydrogen) atoms. The number of amides is 2. The van der Waals surface area contributed by atoms with Crippen LogP contribution in [-0.2, 0) is 4.74 Å². The van der Waals surface area contributed by atoms with Crippen molar-refractivity contribution in [2.75, 3.05) is 63.0 Å². The van der Waals surface area contributed by atoms with Crippen molar-refractivity contribution in [1.82, 2.24) is 20.2 Å². The molecule has 4 rings (SSSR count). The molecular weight excluding hydrogens is 530 g/mol. The molecule has 3 N–H and O–H groups in total. The Balaban J connectivity index is 1.48. The van der Waals surface area contributed by atoms with Crippen LogP contribution in [0.3, 0.4) is 0 Å². The molecule has 13 heteroatoms. The third-order valence-corrected chi connectivity index (χ3v) is 6.77. The third-order valence-electron chi connectivity index (χ3n) is 5.58. The van der Waals surface area contributed by atoms with Gasteiger partial charge in [0.15, 0.2) is 5.82 Å². The Morgan fingerprint density at radius 2 is 2.11 bits per heavy atom. The average molecular weight is 560 g/mol. The molecule has 0 saturated heterocycles. The molecular formula is C25H30ClN7O4S. The SMILES string of the molecule is CNC(=O)c1sccc1Nc1nc(Nc2ccc3c(c2)OCCCN3C(=O)OCCCN(C)C)ncc1Cl. The number of rotatable bonds is 9. The van der Waals surface area contributed by atoms with E-state index in [9.17, 15) is 9.59 Å². The number of halogens is 1. The van der Waals surface area contributed by atoms with E-state index in [0.717, 1.165) is 13.0 Å². The fraction of sp³-hybridized carbons (Fsp3) is 0.360. The molecule has 3 heterocycles. The summed E-state index contributed by atoms with van der Waals surface area (Å²) in [5.41, 5.74) is 1.90. The van der Waals surface area contributed by atoms with E-state index in [2.05, 4.69) is 25.9 Å². The number of hydrogen-bond donors (Lipinski definition) is 3. The van der Waals surface area contributed by atoms with Crippen molar-refractivity contribution in [2.24, 2.45) is 0 Å². The molecule has 1 aromatic carbocycles. The molecule has 0 aliphatic carbocycles. The minimum atomic E-state index is -0.391. The van der Waals surface area contributed by atoms with E-state index in [4.69, 9.17) is 21.1 Å². The van der Waals surface area contributed by atoms with E-state index < -0.39 is 6.09 Å². The van der Waals surface area contributed by atoms with Crippen LogP contribution < -0.4 is 25.6 Å². The van der Waals surface area contributed by atoms with E-state index in [-0.39, 0.29) is 5.91 Å². The topological polar surface area (TPSA) is 121 Å². The Labute approximate surface area is 230 Å². The van der Waals surface area contributed by atoms with Gasteiger partial charge in [-0.3, -0.25) is 9.69 Å². The largest absolute Gasteiger partial charge is 0.491 e. The fourth-order valence-electron chi connectivity index (χ4n) is 3.73. The summed E-state index contributed by atoms with van der Waals surface area (Å²) < 4.78 is 11.4. The molecule has 0 radical (unpaired) electrons. The summed E-state index contributed by atoms with van der Waals surface area (Å²) in [6.07, 6.45) is 2.52. The highest BCUT2D eigenvalue weighted by Gasteiger charge is 2.24. The van der Waals surface area contributed by atoms with Crippen LogP contribution in [0.1, 0.15) is 22.5 Å². The number of thiophene rings is 1. The van der Waals surface area contributed by atoms with E-state index in [1.807, 2.05) is 25.1 Å². The van der Waals surface area contributed by atoms with Crippen molar-refractivity contribution >= 4 is 63.8 Å². The molecule has 1 aliphatic heterocycles. The first-order valence-corrected chi connectivity index (χ1v) is 13.3. The van der Waals surface area contributed by atoms with Crippen molar-refractivity contribution in [1.29, 1.82) is 0 Å². The van der Waals surface area contributed by atoms with Crippen LogP contribution in [0.2, 0.25) is 5.02 Å². The lowest BCUT2D eigenvalue weighted by atomic mass is 10.2. The Bertz CT molecular complexity index is 1290. The lowest BCUT2D eigenvalue weighted by Gasteiger charge is -2.22. The van der Waals surface area contributed by atoms with Crippen molar-refractivity contribution in [2.45, 2.75) is 12.8 Å². The first kappa shape index (κ1) is 27.4. The van der Waals surface area contributed by atoms with E-state index in [0.29, 0.717) is 70.7 Å². The Kier molecular flexibility index (Phi) is 9.21. The molecule has 0 fully saturated rings. The van der Waals surface area contributed by atoms with Crippen LogP contribution in [0.4, 0.5) is 33.6 Å². The Hall–Kier alpha value is -3.61. The number of nitrogens with one attached hydrogen (secondary N) is 3. The summed E-state index contributed by atoms with van der Waals surface area (Å²) in [6, 6.07) is 7.19. The maximum Gasteiger partial charge on any atom is 0.414 e. The number of benzene rings is 1. The number of aromatic nitrogens is 2. The molecule has 0 unspecified atom stereocenters. The zero-order valence-corrected chi connectivity index (χ0v) is 23.0. The molecule has 0 spiro atoms. The predicted molar refractivity (Wildman–Crippen MR) is 150 cm³/mol. The van der Waals surface area contributed by atoms with Gasteiger partial charge in [0.05, 0.1) is 30.8 Å². The summed E-state index contributed by atoms with van der Waals surface area (Å²) in [7, 11) is 5.54. The molecule has 1 aliphatic rings. The van der Waals surface area contributed by atoms with Gasteiger partial charge in [0.2, 0.25) is 5.95 Å². The molecule has 202 valence electrons. The number of carbonyl (C=O) groups is 2. The van der Waals surface area contributed by atoms with Gasteiger partial charge < -0.3 is 30.3 Å². The van der Waals surface area contributed by atoms with Crippen LogP contribution >= 0.6 is 22.9 Å². The predicted octanol–water partition coefficient (Wildman–Crippen LogP) is 4.72. The van der Waals surface area contributed by atoms with Crippen LogP contribution in [0, 0.1) is 0 Å². The van der Waals surface area contributed by atoms with Gasteiger partial charge in [-0.2, -0.15) is 4.98 Å². The van der Waals surface area contributed by atoms with E-state index in [1.165, 1.54) is 17.5 Å². The van der Waals surface area contributed by atoms with Gasteiger partial charge >= 0.3 is 6.09 Å². The zero-order chi connectivity index (χ0) is 27.1. The lowest BCUT2D eigenvalue weighted by Crippen LogP contribution is -2.32. The summed E-state index contributed by atoms with van der Waals surface area (Å²) in [5.74, 6) is 0.988. The average Bonchev–Trinajstić information content (AvgIpc) is 3.26. The Morgan fingerprint density at radius 3 is 2.89 bits per heavy atom. The molecule has 2 amide bonds. The van der Waals surface area contributed by atoms with Gasteiger partial charge in [-0.25, -0.2) is 9.78 Å². The number of nitrogens with zero attached hydrogens (tertiary/aromatic N) is 4. The standard InChI is InChI=1S/C25H30ClN7O4S/c1-27-23(34)21-18(8-13-38-21)30-22-17(26)15-28-24(31-22)29-16-6-7-19-20(14-16)36-11-5-10-33(19)25(35)37-12-4-9-32(2)3/h6-8,13-15H,4-5,9-12H2,1-3H3,(H,27,34)(H2,28,29,30,31). The lowest BCUT2D eigenvalue weighted by molar-refractivity contribution is 0.0967. The molecule has 0 bridgehead atoms. The summed E-state index contributed by atoms with van der Waals surface area (Å²) >= 11 is 7.63. The molecule has 3 aromatic rings. The molecule has 0 saturated carbocycles. The van der Waals surface area contributed by atoms with E-state index >= 15 is 0 Å². The number of anilines is 5. The van der Waals surface area contributed by atoms with E-state index in [1.54, 1.807) is 35.5 Å². The first-order chi connectivity index (χ1) is 18.4. The highest BCUT2D eigenvalue weighted by atomic mass is 35.5. The third kappa shape index (κ3) is 6.82. The second kappa shape index (κ2) is 12.8. The Morgan fingerprint density at radius 1 is 1.26 bits per heavy atom. The summed E-state index contributed by atoms with van der Waals surface area (Å²) in [6.45, 7) is 2.17. The smallest absolute Gasteiger partial charge is 0.414 e. The maximum atomic E-state index is 12.8. The summed E-state index contributed by atoms with van der Waals surface area (Å²) in [5, 5.41) is 11.0. The van der Waals surface area contributed by atoms with Crippen LogP contribution in [0.25, 0.3) is 0 Å². The van der Waals surface area contributed by atoms with Crippen LogP contribution in [0.5, 0.6) is 5.75 Å². The quantitative estimate of drug-likeness (QED) is 0.320. The number of hydrogen-bond acceptors (Lipinski definition) is 10. The summed E-state index contributed by atoms with van der Waals surface area (Å²) in [4.78, 5) is 37.8. The van der Waals surface area contributed by atoms with Gasteiger partial charge in [0.25, 0.3) is 5.91 Å². The van der Waals surface area contributed by atoms with Crippen LogP contribution in [0.15, 0.2) is 35.8 Å². The maximum absolute atomic E-state index is 12.8. The number of carbonyl (C=O) groups excluding carboxylic acids is 2. The minimum absolute atomic E-state index is 0.206. The normalized spacial score (nSPS) is 12.8. The van der Waals surface area contributed by atoms with Gasteiger partial charge in [0, 0.05) is 31.9 Å². The highest BCUT2D eigenvalue weighted by Crippen LogP contribution is 2.35. The van der Waals surface area contributed by atoms with Crippen molar-refractivity contribution in [3.8, 4) is 5.75 Å². The van der Waals surface area contributed by atoms with Gasteiger partial charge in [-0.1, -0.05) is 11.6 Å². The second-order valence-corrected chi connectivity index (χ2v) is 10.0.